The van der Waals surface area contributed by atoms with Crippen molar-refractivity contribution in [1.29, 1.82) is 0 Å². The van der Waals surface area contributed by atoms with Crippen molar-refractivity contribution in [2.75, 3.05) is 33.4 Å². The van der Waals surface area contributed by atoms with Gasteiger partial charge in [-0.3, -0.25) is 14.9 Å². The zero-order valence-electron chi connectivity index (χ0n) is 17.7. The monoisotopic (exact) mass is 431 g/mol. The molecule has 0 unspecified atom stereocenters. The molecule has 0 aliphatic carbocycles. The Morgan fingerprint density at radius 3 is 2.59 bits per heavy atom. The maximum Gasteiger partial charge on any atom is 0.339 e. The molecule has 7 heteroatoms. The highest BCUT2D eigenvalue weighted by Crippen LogP contribution is 2.24. The van der Waals surface area contributed by atoms with Gasteiger partial charge in [0.15, 0.2) is 0 Å². The molecular formula is C25H22FN3O3. The van der Waals surface area contributed by atoms with E-state index in [0.29, 0.717) is 16.7 Å². The van der Waals surface area contributed by atoms with Gasteiger partial charge in [-0.1, -0.05) is 17.9 Å². The number of hydrogen-bond acceptors (Lipinski definition) is 6. The molecule has 3 aromatic rings. The van der Waals surface area contributed by atoms with E-state index in [4.69, 9.17) is 9.47 Å². The lowest BCUT2D eigenvalue weighted by molar-refractivity contribution is 0.0336. The summed E-state index contributed by atoms with van der Waals surface area (Å²) in [6.07, 6.45) is 4.62. The Kier molecular flexibility index (Phi) is 6.85. The van der Waals surface area contributed by atoms with E-state index in [2.05, 4.69) is 26.7 Å². The predicted octanol–water partition coefficient (Wildman–Crippen LogP) is 3.30. The molecule has 1 fully saturated rings. The van der Waals surface area contributed by atoms with Crippen LogP contribution in [-0.4, -0.2) is 54.3 Å². The zero-order valence-corrected chi connectivity index (χ0v) is 17.7. The molecule has 0 radical (unpaired) electrons. The minimum Gasteiger partial charge on any atom is -0.465 e. The molecule has 32 heavy (non-hydrogen) atoms. The van der Waals surface area contributed by atoms with Crippen molar-refractivity contribution in [1.82, 2.24) is 14.9 Å². The van der Waals surface area contributed by atoms with E-state index >= 15 is 0 Å². The van der Waals surface area contributed by atoms with Crippen molar-refractivity contribution in [3.05, 3.63) is 83.2 Å². The number of pyridine rings is 2. The zero-order chi connectivity index (χ0) is 22.3. The van der Waals surface area contributed by atoms with Crippen LogP contribution < -0.4 is 0 Å². The molecule has 1 aliphatic heterocycles. The number of morpholine rings is 1. The summed E-state index contributed by atoms with van der Waals surface area (Å²) in [7, 11) is 1.29. The van der Waals surface area contributed by atoms with Gasteiger partial charge in [-0.2, -0.15) is 0 Å². The summed E-state index contributed by atoms with van der Waals surface area (Å²) >= 11 is 0. The van der Waals surface area contributed by atoms with Crippen LogP contribution in [0.4, 0.5) is 4.39 Å². The van der Waals surface area contributed by atoms with Gasteiger partial charge < -0.3 is 9.47 Å². The normalized spacial score (nSPS) is 13.8. The molecule has 6 nitrogen and oxygen atoms in total. The molecule has 0 amide bonds. The van der Waals surface area contributed by atoms with E-state index in [1.54, 1.807) is 24.4 Å². The number of esters is 1. The molecule has 1 saturated heterocycles. The summed E-state index contributed by atoms with van der Waals surface area (Å²) in [6, 6.07) is 10.2. The lowest BCUT2D eigenvalue weighted by Crippen LogP contribution is -2.35. The molecule has 0 spiro atoms. The number of carbonyl (C=O) groups excluding carboxylic acids is 1. The first kappa shape index (κ1) is 21.6. The Labute approximate surface area is 186 Å². The smallest absolute Gasteiger partial charge is 0.339 e. The third kappa shape index (κ3) is 5.35. The molecule has 1 aromatic carbocycles. The van der Waals surface area contributed by atoms with Crippen LogP contribution in [-0.2, 0) is 16.0 Å². The average molecular weight is 431 g/mol. The number of benzene rings is 1. The first-order valence-electron chi connectivity index (χ1n) is 10.2. The Morgan fingerprint density at radius 1 is 1.09 bits per heavy atom. The van der Waals surface area contributed by atoms with Crippen molar-refractivity contribution in [3.8, 4) is 23.0 Å². The van der Waals surface area contributed by atoms with Crippen molar-refractivity contribution in [2.24, 2.45) is 0 Å². The van der Waals surface area contributed by atoms with E-state index in [9.17, 15) is 9.18 Å². The van der Waals surface area contributed by atoms with E-state index in [1.807, 2.05) is 12.1 Å². The molecule has 0 atom stereocenters. The number of nitrogens with zero attached hydrogens (tertiary/aromatic N) is 3. The quantitative estimate of drug-likeness (QED) is 0.467. The van der Waals surface area contributed by atoms with Crippen LogP contribution in [0.2, 0.25) is 0 Å². The van der Waals surface area contributed by atoms with Crippen LogP contribution in [0, 0.1) is 17.7 Å². The molecule has 0 N–H and O–H groups in total. The second-order valence-electron chi connectivity index (χ2n) is 7.33. The van der Waals surface area contributed by atoms with E-state index in [-0.39, 0.29) is 5.56 Å². The van der Waals surface area contributed by atoms with E-state index < -0.39 is 11.8 Å². The number of hydrogen-bond donors (Lipinski definition) is 0. The number of carbonyl (C=O) groups is 1. The summed E-state index contributed by atoms with van der Waals surface area (Å²) < 4.78 is 24.8. The van der Waals surface area contributed by atoms with Crippen LogP contribution in [0.5, 0.6) is 0 Å². The van der Waals surface area contributed by atoms with Gasteiger partial charge in [0.1, 0.15) is 5.82 Å². The third-order valence-corrected chi connectivity index (χ3v) is 5.10. The number of methoxy groups -OCH3 is 1. The maximum absolute atomic E-state index is 14.7. The van der Waals surface area contributed by atoms with Gasteiger partial charge in [0.05, 0.1) is 31.6 Å². The van der Waals surface area contributed by atoms with Crippen LogP contribution >= 0.6 is 0 Å². The van der Waals surface area contributed by atoms with Crippen molar-refractivity contribution >= 4 is 5.97 Å². The lowest BCUT2D eigenvalue weighted by atomic mass is 10.0. The van der Waals surface area contributed by atoms with Gasteiger partial charge in [0, 0.05) is 60.5 Å². The van der Waals surface area contributed by atoms with Crippen LogP contribution in [0.25, 0.3) is 11.1 Å². The fourth-order valence-electron chi connectivity index (χ4n) is 3.37. The second-order valence-corrected chi connectivity index (χ2v) is 7.33. The van der Waals surface area contributed by atoms with Crippen molar-refractivity contribution in [3.63, 3.8) is 0 Å². The minimum atomic E-state index is -0.521. The minimum absolute atomic E-state index is 0.262. The Bertz CT molecular complexity index is 1160. The number of ether oxygens (including phenoxy) is 2. The number of halogens is 1. The molecule has 162 valence electrons. The lowest BCUT2D eigenvalue weighted by Gasteiger charge is -2.26. The molecule has 4 rings (SSSR count). The fraction of sp³-hybridized carbons (Fsp3) is 0.240. The standard InChI is InChI=1S/C25H22FN3O3/c1-31-25(30)21-13-20(15-27-16-21)23-7-5-18(12-24(23)26)2-3-19-4-6-22(28-14-19)17-29-8-10-32-11-9-29/h4-7,12-16H,8-11,17H2,1H3. The predicted molar refractivity (Wildman–Crippen MR) is 117 cm³/mol. The highest BCUT2D eigenvalue weighted by atomic mass is 19.1. The summed E-state index contributed by atoms with van der Waals surface area (Å²) in [5.41, 5.74) is 3.37. The average Bonchev–Trinajstić information content (AvgIpc) is 2.84. The molecule has 0 saturated carbocycles. The molecule has 3 heterocycles. The van der Waals surface area contributed by atoms with E-state index in [1.165, 1.54) is 25.6 Å². The fourth-order valence-corrected chi connectivity index (χ4v) is 3.37. The van der Waals surface area contributed by atoms with Crippen LogP contribution in [0.1, 0.15) is 27.2 Å². The summed E-state index contributed by atoms with van der Waals surface area (Å²) in [5.74, 6) is 5.03. The first-order chi connectivity index (χ1) is 15.6. The highest BCUT2D eigenvalue weighted by molar-refractivity contribution is 5.90. The topological polar surface area (TPSA) is 64.5 Å². The van der Waals surface area contributed by atoms with Gasteiger partial charge in [0.2, 0.25) is 0 Å². The SMILES string of the molecule is COC(=O)c1cncc(-c2ccc(C#Cc3ccc(CN4CCOCC4)nc3)cc2F)c1. The van der Waals surface area contributed by atoms with Crippen LogP contribution in [0.15, 0.2) is 55.0 Å². The second kappa shape index (κ2) is 10.1. The van der Waals surface area contributed by atoms with Crippen molar-refractivity contribution < 1.29 is 18.7 Å². The summed E-state index contributed by atoms with van der Waals surface area (Å²) in [5, 5.41) is 0. The Balaban J connectivity index is 1.46. The molecule has 2 aromatic heterocycles. The number of aromatic nitrogens is 2. The van der Waals surface area contributed by atoms with Gasteiger partial charge >= 0.3 is 5.97 Å². The van der Waals surface area contributed by atoms with E-state index in [0.717, 1.165) is 44.1 Å². The largest absolute Gasteiger partial charge is 0.465 e. The summed E-state index contributed by atoms with van der Waals surface area (Å²) in [4.78, 5) is 22.5. The van der Waals surface area contributed by atoms with Gasteiger partial charge in [-0.05, 0) is 30.3 Å². The Morgan fingerprint density at radius 2 is 1.88 bits per heavy atom. The molecule has 1 aliphatic rings. The van der Waals surface area contributed by atoms with Crippen LogP contribution in [0.3, 0.4) is 0 Å². The highest BCUT2D eigenvalue weighted by Gasteiger charge is 2.12. The third-order valence-electron chi connectivity index (χ3n) is 5.10. The molecule has 0 bridgehead atoms. The maximum atomic E-state index is 14.7. The Hall–Kier alpha value is -3.60. The van der Waals surface area contributed by atoms with Crippen molar-refractivity contribution in [2.45, 2.75) is 6.54 Å². The van der Waals surface area contributed by atoms with Gasteiger partial charge in [0.25, 0.3) is 0 Å². The first-order valence-corrected chi connectivity index (χ1v) is 10.2. The van der Waals surface area contributed by atoms with Gasteiger partial charge in [-0.25, -0.2) is 9.18 Å². The molecular weight excluding hydrogens is 409 g/mol. The summed E-state index contributed by atoms with van der Waals surface area (Å²) in [6.45, 7) is 4.12. The number of rotatable bonds is 4. The van der Waals surface area contributed by atoms with Gasteiger partial charge in [-0.15, -0.1) is 0 Å².